The number of nitrogens with zero attached hydrogens (tertiary/aromatic N) is 2. The van der Waals surface area contributed by atoms with Crippen molar-refractivity contribution in [3.05, 3.63) is 47.5 Å². The van der Waals surface area contributed by atoms with E-state index in [4.69, 9.17) is 5.11 Å². The second kappa shape index (κ2) is 4.53. The molecule has 0 radical (unpaired) electrons. The molecule has 0 bridgehead atoms. The third-order valence-electron chi connectivity index (χ3n) is 3.07. The molecule has 1 aromatic carbocycles. The van der Waals surface area contributed by atoms with E-state index in [1.165, 1.54) is 0 Å². The van der Waals surface area contributed by atoms with Crippen LogP contribution in [0.4, 0.5) is 0 Å². The summed E-state index contributed by atoms with van der Waals surface area (Å²) in [6.45, 7) is 8.23. The molecular weight excluding hydrogens is 240 g/mol. The summed E-state index contributed by atoms with van der Waals surface area (Å²) < 4.78 is 1.93. The number of carboxylic acids is 1. The average Bonchev–Trinajstić information content (AvgIpc) is 2.77. The van der Waals surface area contributed by atoms with Crippen molar-refractivity contribution in [2.24, 2.45) is 0 Å². The Morgan fingerprint density at radius 2 is 2.00 bits per heavy atom. The van der Waals surface area contributed by atoms with E-state index in [1.54, 1.807) is 18.5 Å². The maximum Gasteiger partial charge on any atom is 0.335 e. The summed E-state index contributed by atoms with van der Waals surface area (Å²) in [5.41, 5.74) is 3.18. The minimum Gasteiger partial charge on any atom is -0.478 e. The Balaban J connectivity index is 2.43. The first-order valence-electron chi connectivity index (χ1n) is 6.18. The smallest absolute Gasteiger partial charge is 0.335 e. The number of rotatable bonds is 2. The summed E-state index contributed by atoms with van der Waals surface area (Å²) in [5, 5.41) is 8.96. The van der Waals surface area contributed by atoms with Gasteiger partial charge in [0, 0.05) is 17.3 Å². The molecule has 0 unspecified atom stereocenters. The van der Waals surface area contributed by atoms with Gasteiger partial charge in [-0.2, -0.15) is 0 Å². The maximum absolute atomic E-state index is 10.9. The van der Waals surface area contributed by atoms with Gasteiger partial charge >= 0.3 is 5.97 Å². The van der Waals surface area contributed by atoms with Crippen molar-refractivity contribution in [1.29, 1.82) is 0 Å². The maximum atomic E-state index is 10.9. The van der Waals surface area contributed by atoms with Crippen molar-refractivity contribution in [2.45, 2.75) is 33.1 Å². The van der Waals surface area contributed by atoms with Crippen LogP contribution in [0.2, 0.25) is 0 Å². The fourth-order valence-corrected chi connectivity index (χ4v) is 1.92. The molecule has 1 N–H and O–H groups in total. The Kier molecular flexibility index (Phi) is 3.18. The van der Waals surface area contributed by atoms with Crippen LogP contribution in [0.3, 0.4) is 0 Å². The van der Waals surface area contributed by atoms with Gasteiger partial charge in [0.15, 0.2) is 0 Å². The van der Waals surface area contributed by atoms with Crippen LogP contribution in [-0.2, 0) is 5.41 Å². The monoisotopic (exact) mass is 258 g/mol. The second-order valence-electron chi connectivity index (χ2n) is 5.72. The average molecular weight is 258 g/mol. The fraction of sp³-hybridized carbons (Fsp3) is 0.333. The second-order valence-corrected chi connectivity index (χ2v) is 5.72. The lowest BCUT2D eigenvalue weighted by molar-refractivity contribution is 0.0697. The fourth-order valence-electron chi connectivity index (χ4n) is 1.92. The van der Waals surface area contributed by atoms with Gasteiger partial charge in [0.25, 0.3) is 0 Å². The number of hydrogen-bond acceptors (Lipinski definition) is 2. The molecule has 0 fully saturated rings. The van der Waals surface area contributed by atoms with E-state index in [0.717, 1.165) is 16.9 Å². The van der Waals surface area contributed by atoms with E-state index in [-0.39, 0.29) is 5.41 Å². The lowest BCUT2D eigenvalue weighted by Crippen LogP contribution is -2.11. The summed E-state index contributed by atoms with van der Waals surface area (Å²) in [5.74, 6) is -0.907. The molecular formula is C15H18N2O2. The standard InChI is InChI=1S/C15H18N2O2/c1-10-7-11(14(18)19)5-6-12(10)17-8-13(16-9-17)15(2,3)4/h5-9H,1-4H3,(H,18,19). The van der Waals surface area contributed by atoms with Gasteiger partial charge in [-0.1, -0.05) is 20.8 Å². The van der Waals surface area contributed by atoms with E-state index in [2.05, 4.69) is 25.8 Å². The van der Waals surface area contributed by atoms with Gasteiger partial charge in [0.1, 0.15) is 0 Å². The molecule has 1 heterocycles. The highest BCUT2D eigenvalue weighted by molar-refractivity contribution is 5.88. The molecule has 1 aromatic heterocycles. The molecule has 0 saturated carbocycles. The normalized spacial score (nSPS) is 11.6. The van der Waals surface area contributed by atoms with Crippen LogP contribution in [0.1, 0.15) is 42.4 Å². The van der Waals surface area contributed by atoms with E-state index >= 15 is 0 Å². The SMILES string of the molecule is Cc1cc(C(=O)O)ccc1-n1cnc(C(C)(C)C)c1. The highest BCUT2D eigenvalue weighted by Gasteiger charge is 2.17. The van der Waals surface area contributed by atoms with Gasteiger partial charge in [0.2, 0.25) is 0 Å². The minimum absolute atomic E-state index is 0.000159. The van der Waals surface area contributed by atoms with Crippen LogP contribution < -0.4 is 0 Å². The molecule has 0 aliphatic rings. The van der Waals surface area contributed by atoms with Gasteiger partial charge in [-0.25, -0.2) is 9.78 Å². The molecule has 0 atom stereocenters. The van der Waals surface area contributed by atoms with Gasteiger partial charge in [-0.05, 0) is 30.7 Å². The predicted octanol–water partition coefficient (Wildman–Crippen LogP) is 3.18. The number of aryl methyl sites for hydroxylation is 1. The summed E-state index contributed by atoms with van der Waals surface area (Å²) in [6.07, 6.45) is 3.76. The van der Waals surface area contributed by atoms with Gasteiger partial charge in [0.05, 0.1) is 17.6 Å². The first-order chi connectivity index (χ1) is 8.79. The first-order valence-corrected chi connectivity index (χ1v) is 6.18. The van der Waals surface area contributed by atoms with E-state index in [1.807, 2.05) is 23.8 Å². The number of imidazole rings is 1. The highest BCUT2D eigenvalue weighted by atomic mass is 16.4. The third-order valence-corrected chi connectivity index (χ3v) is 3.07. The van der Waals surface area contributed by atoms with Crippen LogP contribution in [0, 0.1) is 6.92 Å². The predicted molar refractivity (Wildman–Crippen MR) is 74.0 cm³/mol. The summed E-state index contributed by atoms with van der Waals surface area (Å²) in [7, 11) is 0. The van der Waals surface area contributed by atoms with Crippen molar-refractivity contribution in [1.82, 2.24) is 9.55 Å². The summed E-state index contributed by atoms with van der Waals surface area (Å²) >= 11 is 0. The lowest BCUT2D eigenvalue weighted by Gasteiger charge is -2.14. The minimum atomic E-state index is -0.907. The van der Waals surface area contributed by atoms with E-state index in [0.29, 0.717) is 5.56 Å². The molecule has 4 nitrogen and oxygen atoms in total. The van der Waals surface area contributed by atoms with Crippen molar-refractivity contribution >= 4 is 5.97 Å². The zero-order valence-electron chi connectivity index (χ0n) is 11.6. The quantitative estimate of drug-likeness (QED) is 0.900. The van der Waals surface area contributed by atoms with E-state index < -0.39 is 5.97 Å². The van der Waals surface area contributed by atoms with Crippen LogP contribution in [0.5, 0.6) is 0 Å². The lowest BCUT2D eigenvalue weighted by atomic mass is 9.93. The van der Waals surface area contributed by atoms with Gasteiger partial charge in [-0.15, -0.1) is 0 Å². The Bertz CT molecular complexity index is 621. The summed E-state index contributed by atoms with van der Waals surface area (Å²) in [4.78, 5) is 15.3. The third kappa shape index (κ3) is 2.67. The molecule has 0 aliphatic carbocycles. The van der Waals surface area contributed by atoms with E-state index in [9.17, 15) is 4.79 Å². The first kappa shape index (κ1) is 13.3. The van der Waals surface area contributed by atoms with Crippen LogP contribution >= 0.6 is 0 Å². The molecule has 0 saturated heterocycles. The van der Waals surface area contributed by atoms with Crippen molar-refractivity contribution in [2.75, 3.05) is 0 Å². The van der Waals surface area contributed by atoms with Gasteiger partial charge < -0.3 is 9.67 Å². The zero-order chi connectivity index (χ0) is 14.2. The number of carbonyl (C=O) groups is 1. The molecule has 19 heavy (non-hydrogen) atoms. The molecule has 0 amide bonds. The van der Waals surface area contributed by atoms with Crippen molar-refractivity contribution < 1.29 is 9.90 Å². The molecule has 2 rings (SSSR count). The van der Waals surface area contributed by atoms with Gasteiger partial charge in [-0.3, -0.25) is 0 Å². The Morgan fingerprint density at radius 1 is 1.32 bits per heavy atom. The van der Waals surface area contributed by atoms with Crippen LogP contribution in [0.15, 0.2) is 30.7 Å². The zero-order valence-corrected chi connectivity index (χ0v) is 11.6. The van der Waals surface area contributed by atoms with Crippen molar-refractivity contribution in [3.63, 3.8) is 0 Å². The summed E-state index contributed by atoms with van der Waals surface area (Å²) in [6, 6.07) is 5.10. The molecule has 2 aromatic rings. The molecule has 0 spiro atoms. The highest BCUT2D eigenvalue weighted by Crippen LogP contribution is 2.22. The van der Waals surface area contributed by atoms with Crippen molar-refractivity contribution in [3.8, 4) is 5.69 Å². The Morgan fingerprint density at radius 3 is 2.47 bits per heavy atom. The molecule has 4 heteroatoms. The Hall–Kier alpha value is -2.10. The van der Waals surface area contributed by atoms with Crippen LogP contribution in [0.25, 0.3) is 5.69 Å². The number of aromatic nitrogens is 2. The molecule has 0 aliphatic heterocycles. The number of aromatic carboxylic acids is 1. The van der Waals surface area contributed by atoms with Crippen LogP contribution in [-0.4, -0.2) is 20.6 Å². The molecule has 100 valence electrons. The topological polar surface area (TPSA) is 55.1 Å². The Labute approximate surface area is 112 Å². The number of carboxylic acid groups (broad SMARTS) is 1. The largest absolute Gasteiger partial charge is 0.478 e. The number of benzene rings is 1. The number of hydrogen-bond donors (Lipinski definition) is 1.